The van der Waals surface area contributed by atoms with Crippen molar-refractivity contribution in [2.24, 2.45) is 0 Å². The van der Waals surface area contributed by atoms with Crippen molar-refractivity contribution in [1.29, 1.82) is 0 Å². The molecule has 2 aromatic rings. The molecule has 0 saturated carbocycles. The van der Waals surface area contributed by atoms with Crippen molar-refractivity contribution >= 4 is 0 Å². The molecular formula is C18H22O. The van der Waals surface area contributed by atoms with Gasteiger partial charge in [-0.1, -0.05) is 80.4 Å². The van der Waals surface area contributed by atoms with Crippen molar-refractivity contribution in [2.45, 2.75) is 31.6 Å². The number of hydrogen-bond donors (Lipinski definition) is 1. The van der Waals surface area contributed by atoms with Gasteiger partial charge in [-0.15, -0.1) is 0 Å². The van der Waals surface area contributed by atoms with Crippen LogP contribution in [0.25, 0.3) is 0 Å². The quantitative estimate of drug-likeness (QED) is 0.821. The molecule has 100 valence electrons. The van der Waals surface area contributed by atoms with E-state index in [2.05, 4.69) is 55.5 Å². The summed E-state index contributed by atoms with van der Waals surface area (Å²) >= 11 is 0. The fraction of sp³-hybridized carbons (Fsp3) is 0.333. The summed E-state index contributed by atoms with van der Waals surface area (Å²) in [5.74, 6) is 0. The zero-order valence-electron chi connectivity index (χ0n) is 11.5. The maximum atomic E-state index is 10.1. The Morgan fingerprint density at radius 3 is 1.68 bits per heavy atom. The zero-order chi connectivity index (χ0) is 13.6. The van der Waals surface area contributed by atoms with E-state index in [0.29, 0.717) is 0 Å². The maximum absolute atomic E-state index is 10.1. The SMILES string of the molecule is CCCCC(CO)(c1ccccc1)c1ccccc1. The monoisotopic (exact) mass is 254 g/mol. The van der Waals surface area contributed by atoms with E-state index in [4.69, 9.17) is 0 Å². The lowest BCUT2D eigenvalue weighted by Gasteiger charge is -2.33. The number of aliphatic hydroxyl groups is 1. The molecule has 19 heavy (non-hydrogen) atoms. The van der Waals surface area contributed by atoms with E-state index in [1.165, 1.54) is 11.1 Å². The molecule has 0 spiro atoms. The van der Waals surface area contributed by atoms with E-state index < -0.39 is 0 Å². The van der Waals surface area contributed by atoms with E-state index in [1.807, 2.05) is 12.1 Å². The van der Waals surface area contributed by atoms with Gasteiger partial charge in [0.1, 0.15) is 0 Å². The van der Waals surface area contributed by atoms with Crippen molar-refractivity contribution in [3.05, 3.63) is 71.8 Å². The van der Waals surface area contributed by atoms with E-state index in [0.717, 1.165) is 19.3 Å². The van der Waals surface area contributed by atoms with Gasteiger partial charge in [0.2, 0.25) is 0 Å². The van der Waals surface area contributed by atoms with Crippen LogP contribution in [0.3, 0.4) is 0 Å². The Kier molecular flexibility index (Phi) is 4.75. The maximum Gasteiger partial charge on any atom is 0.0568 e. The topological polar surface area (TPSA) is 20.2 Å². The third kappa shape index (κ3) is 2.87. The number of hydrogen-bond acceptors (Lipinski definition) is 1. The van der Waals surface area contributed by atoms with E-state index in [-0.39, 0.29) is 12.0 Å². The van der Waals surface area contributed by atoms with Crippen LogP contribution in [-0.2, 0) is 5.41 Å². The minimum atomic E-state index is -0.265. The molecule has 0 radical (unpaired) electrons. The van der Waals surface area contributed by atoms with Gasteiger partial charge in [0.25, 0.3) is 0 Å². The first-order valence-corrected chi connectivity index (χ1v) is 7.05. The van der Waals surface area contributed by atoms with Crippen LogP contribution >= 0.6 is 0 Å². The molecule has 0 saturated heterocycles. The Morgan fingerprint density at radius 2 is 1.32 bits per heavy atom. The fourth-order valence-electron chi connectivity index (χ4n) is 2.71. The average Bonchev–Trinajstić information content (AvgIpc) is 2.51. The number of unbranched alkanes of at least 4 members (excludes halogenated alkanes) is 1. The lowest BCUT2D eigenvalue weighted by atomic mass is 9.72. The summed E-state index contributed by atoms with van der Waals surface area (Å²) in [4.78, 5) is 0. The number of benzene rings is 2. The van der Waals surface area contributed by atoms with Crippen LogP contribution in [0.4, 0.5) is 0 Å². The van der Waals surface area contributed by atoms with E-state index in [9.17, 15) is 5.11 Å². The molecule has 1 heteroatoms. The zero-order valence-corrected chi connectivity index (χ0v) is 11.5. The highest BCUT2D eigenvalue weighted by Crippen LogP contribution is 2.36. The second kappa shape index (κ2) is 6.53. The Hall–Kier alpha value is -1.60. The third-order valence-electron chi connectivity index (χ3n) is 3.88. The Balaban J connectivity index is 2.48. The van der Waals surface area contributed by atoms with Crippen LogP contribution < -0.4 is 0 Å². The second-order valence-electron chi connectivity index (χ2n) is 5.08. The minimum absolute atomic E-state index is 0.154. The van der Waals surface area contributed by atoms with Gasteiger partial charge in [-0.3, -0.25) is 0 Å². The predicted molar refractivity (Wildman–Crippen MR) is 80.3 cm³/mol. The first-order valence-electron chi connectivity index (χ1n) is 7.05. The molecule has 1 N–H and O–H groups in total. The smallest absolute Gasteiger partial charge is 0.0568 e. The Bertz CT molecular complexity index is 436. The van der Waals surface area contributed by atoms with Gasteiger partial charge in [0.05, 0.1) is 6.61 Å². The standard InChI is InChI=1S/C18H22O/c1-2-3-14-18(15-19,16-10-6-4-7-11-16)17-12-8-5-9-13-17/h4-13,19H,2-3,14-15H2,1H3. The molecule has 0 aliphatic rings. The molecule has 0 aliphatic carbocycles. The van der Waals surface area contributed by atoms with Gasteiger partial charge >= 0.3 is 0 Å². The van der Waals surface area contributed by atoms with Crippen molar-refractivity contribution in [3.63, 3.8) is 0 Å². The molecule has 0 heterocycles. The van der Waals surface area contributed by atoms with Gasteiger partial charge in [-0.2, -0.15) is 0 Å². The number of rotatable bonds is 6. The first kappa shape index (κ1) is 13.8. The van der Waals surface area contributed by atoms with Crippen molar-refractivity contribution in [1.82, 2.24) is 0 Å². The van der Waals surface area contributed by atoms with Crippen LogP contribution in [-0.4, -0.2) is 11.7 Å². The normalized spacial score (nSPS) is 11.5. The third-order valence-corrected chi connectivity index (χ3v) is 3.88. The van der Waals surface area contributed by atoms with Gasteiger partial charge in [0.15, 0.2) is 0 Å². The summed E-state index contributed by atoms with van der Waals surface area (Å²) in [6.07, 6.45) is 3.24. The van der Waals surface area contributed by atoms with Gasteiger partial charge in [-0.05, 0) is 17.5 Å². The molecule has 1 nitrogen and oxygen atoms in total. The summed E-state index contributed by atoms with van der Waals surface area (Å²) in [6, 6.07) is 20.7. The molecule has 0 bridgehead atoms. The fourth-order valence-corrected chi connectivity index (χ4v) is 2.71. The van der Waals surface area contributed by atoms with Crippen LogP contribution in [0, 0.1) is 0 Å². The Morgan fingerprint density at radius 1 is 0.842 bits per heavy atom. The molecule has 2 rings (SSSR count). The van der Waals surface area contributed by atoms with Crippen LogP contribution in [0.1, 0.15) is 37.3 Å². The minimum Gasteiger partial charge on any atom is -0.395 e. The van der Waals surface area contributed by atoms with Crippen molar-refractivity contribution in [3.8, 4) is 0 Å². The Labute approximate surface area is 115 Å². The molecule has 2 aromatic carbocycles. The van der Waals surface area contributed by atoms with Crippen LogP contribution in [0.5, 0.6) is 0 Å². The highest BCUT2D eigenvalue weighted by Gasteiger charge is 2.32. The highest BCUT2D eigenvalue weighted by atomic mass is 16.3. The van der Waals surface area contributed by atoms with E-state index in [1.54, 1.807) is 0 Å². The summed E-state index contributed by atoms with van der Waals surface area (Å²) < 4.78 is 0. The second-order valence-corrected chi connectivity index (χ2v) is 5.08. The highest BCUT2D eigenvalue weighted by molar-refractivity contribution is 5.39. The molecule has 0 aliphatic heterocycles. The molecule has 0 atom stereocenters. The van der Waals surface area contributed by atoms with Gasteiger partial charge < -0.3 is 5.11 Å². The van der Waals surface area contributed by atoms with Crippen LogP contribution in [0.2, 0.25) is 0 Å². The lowest BCUT2D eigenvalue weighted by Crippen LogP contribution is -2.32. The molecule has 0 aromatic heterocycles. The van der Waals surface area contributed by atoms with E-state index >= 15 is 0 Å². The molecule has 0 amide bonds. The summed E-state index contributed by atoms with van der Waals surface area (Å²) in [6.45, 7) is 2.35. The van der Waals surface area contributed by atoms with Gasteiger partial charge in [0, 0.05) is 5.41 Å². The lowest BCUT2D eigenvalue weighted by molar-refractivity contribution is 0.209. The largest absolute Gasteiger partial charge is 0.395 e. The summed E-state index contributed by atoms with van der Waals surface area (Å²) in [5.41, 5.74) is 2.15. The van der Waals surface area contributed by atoms with Crippen molar-refractivity contribution in [2.75, 3.05) is 6.61 Å². The molecule has 0 unspecified atom stereocenters. The first-order chi connectivity index (χ1) is 9.33. The van der Waals surface area contributed by atoms with Crippen LogP contribution in [0.15, 0.2) is 60.7 Å². The molecular weight excluding hydrogens is 232 g/mol. The molecule has 0 fully saturated rings. The predicted octanol–water partition coefficient (Wildman–Crippen LogP) is 4.16. The number of aliphatic hydroxyl groups excluding tert-OH is 1. The summed E-state index contributed by atoms with van der Waals surface area (Å²) in [7, 11) is 0. The summed E-state index contributed by atoms with van der Waals surface area (Å²) in [5, 5.41) is 10.1. The average molecular weight is 254 g/mol. The van der Waals surface area contributed by atoms with Crippen molar-refractivity contribution < 1.29 is 5.11 Å². The van der Waals surface area contributed by atoms with Gasteiger partial charge in [-0.25, -0.2) is 0 Å².